The highest BCUT2D eigenvalue weighted by Gasteiger charge is 2.43. The van der Waals surface area contributed by atoms with Gasteiger partial charge in [0.2, 0.25) is 0 Å². The third kappa shape index (κ3) is 3.14. The number of nitro groups is 1. The fourth-order valence-electron chi connectivity index (χ4n) is 2.49. The molecule has 1 aliphatic carbocycles. The number of likely N-dealkylation sites (N-methyl/N-ethyl adjacent to an activating group) is 1. The van der Waals surface area contributed by atoms with E-state index in [2.05, 4.69) is 5.32 Å². The number of nitrogens with one attached hydrogen (secondary N) is 1. The van der Waals surface area contributed by atoms with E-state index in [1.807, 2.05) is 14.0 Å². The van der Waals surface area contributed by atoms with Crippen LogP contribution in [0, 0.1) is 22.9 Å². The van der Waals surface area contributed by atoms with Crippen molar-refractivity contribution in [3.8, 4) is 5.75 Å². The van der Waals surface area contributed by atoms with Crippen LogP contribution in [0.25, 0.3) is 0 Å². The zero-order valence-corrected chi connectivity index (χ0v) is 12.3. The van der Waals surface area contributed by atoms with Crippen molar-refractivity contribution in [1.82, 2.24) is 5.32 Å². The fourth-order valence-corrected chi connectivity index (χ4v) is 2.49. The summed E-state index contributed by atoms with van der Waals surface area (Å²) in [4.78, 5) is 10.2. The lowest BCUT2D eigenvalue weighted by atomic mass is 9.85. The zero-order chi connectivity index (χ0) is 15.6. The highest BCUT2D eigenvalue weighted by Crippen LogP contribution is 2.33. The number of hydrogen-bond acceptors (Lipinski definition) is 5. The minimum absolute atomic E-state index is 0.0300. The molecule has 2 rings (SSSR count). The van der Waals surface area contributed by atoms with E-state index < -0.39 is 10.7 Å². The van der Waals surface area contributed by atoms with Crippen LogP contribution in [0.4, 0.5) is 10.1 Å². The van der Waals surface area contributed by atoms with Crippen LogP contribution in [-0.4, -0.2) is 36.8 Å². The van der Waals surface area contributed by atoms with Crippen molar-refractivity contribution in [2.75, 3.05) is 13.7 Å². The second-order valence-electron chi connectivity index (χ2n) is 5.03. The summed E-state index contributed by atoms with van der Waals surface area (Å²) in [6.07, 6.45) is 0.309. The number of halogens is 1. The van der Waals surface area contributed by atoms with E-state index in [4.69, 9.17) is 9.47 Å². The summed E-state index contributed by atoms with van der Waals surface area (Å²) in [5, 5.41) is 13.9. The Balaban J connectivity index is 2.13. The van der Waals surface area contributed by atoms with Gasteiger partial charge in [0.15, 0.2) is 11.6 Å². The number of nitrogens with zero attached hydrogens (tertiary/aromatic N) is 1. The second kappa shape index (κ2) is 6.36. The molecule has 1 aromatic rings. The van der Waals surface area contributed by atoms with Gasteiger partial charge in [-0.3, -0.25) is 10.1 Å². The summed E-state index contributed by atoms with van der Waals surface area (Å²) in [7, 11) is 1.84. The Kier molecular flexibility index (Phi) is 4.74. The summed E-state index contributed by atoms with van der Waals surface area (Å²) in [6, 6.07) is 2.44. The van der Waals surface area contributed by atoms with Gasteiger partial charge in [-0.15, -0.1) is 0 Å². The van der Waals surface area contributed by atoms with Gasteiger partial charge in [0.25, 0.3) is 5.69 Å². The van der Waals surface area contributed by atoms with Crippen LogP contribution in [0.15, 0.2) is 12.1 Å². The van der Waals surface area contributed by atoms with Crippen LogP contribution < -0.4 is 10.1 Å². The maximum atomic E-state index is 13.9. The molecule has 0 spiro atoms. The highest BCUT2D eigenvalue weighted by molar-refractivity contribution is 5.45. The molecule has 1 fully saturated rings. The largest absolute Gasteiger partial charge is 0.484 e. The van der Waals surface area contributed by atoms with Gasteiger partial charge in [-0.05, 0) is 27.0 Å². The molecule has 0 heterocycles. The molecule has 0 bridgehead atoms. The van der Waals surface area contributed by atoms with Gasteiger partial charge < -0.3 is 14.8 Å². The minimum Gasteiger partial charge on any atom is -0.484 e. The van der Waals surface area contributed by atoms with Crippen molar-refractivity contribution in [2.24, 2.45) is 0 Å². The first-order valence-corrected chi connectivity index (χ1v) is 6.88. The normalized spacial score (nSPS) is 24.5. The highest BCUT2D eigenvalue weighted by atomic mass is 19.1. The van der Waals surface area contributed by atoms with Crippen molar-refractivity contribution < 1.29 is 18.8 Å². The van der Waals surface area contributed by atoms with Crippen LogP contribution >= 0.6 is 0 Å². The van der Waals surface area contributed by atoms with Crippen LogP contribution in [0.5, 0.6) is 5.75 Å². The van der Waals surface area contributed by atoms with E-state index in [1.165, 1.54) is 6.07 Å². The summed E-state index contributed by atoms with van der Waals surface area (Å²) < 4.78 is 25.1. The molecule has 1 aromatic carbocycles. The van der Waals surface area contributed by atoms with E-state index in [9.17, 15) is 14.5 Å². The second-order valence-corrected chi connectivity index (χ2v) is 5.03. The monoisotopic (exact) mass is 298 g/mol. The van der Waals surface area contributed by atoms with Crippen molar-refractivity contribution >= 4 is 5.69 Å². The Hall–Kier alpha value is -1.73. The Morgan fingerprint density at radius 3 is 2.81 bits per heavy atom. The molecule has 7 heteroatoms. The van der Waals surface area contributed by atoms with Gasteiger partial charge in [-0.1, -0.05) is 0 Å². The molecule has 0 saturated heterocycles. The average molecular weight is 298 g/mol. The maximum Gasteiger partial charge on any atom is 0.275 e. The third-order valence-corrected chi connectivity index (χ3v) is 3.70. The standard InChI is InChI=1S/C14H19FN2O4/c1-4-20-14-10(16-3)7-13(14)21-12-5-8(2)11(17(18)19)6-9(12)15/h5-6,10,13-14,16H,4,7H2,1-3H3. The van der Waals surface area contributed by atoms with Crippen LogP contribution in [0.2, 0.25) is 0 Å². The summed E-state index contributed by atoms with van der Waals surface area (Å²) in [6.45, 7) is 3.99. The average Bonchev–Trinajstić information content (AvgIpc) is 2.43. The maximum absolute atomic E-state index is 13.9. The molecule has 0 radical (unpaired) electrons. The predicted molar refractivity (Wildman–Crippen MR) is 75.1 cm³/mol. The number of ether oxygens (including phenoxy) is 2. The van der Waals surface area contributed by atoms with Gasteiger partial charge >= 0.3 is 0 Å². The Morgan fingerprint density at radius 2 is 2.24 bits per heavy atom. The van der Waals surface area contributed by atoms with E-state index in [-0.39, 0.29) is 29.7 Å². The molecule has 6 nitrogen and oxygen atoms in total. The molecule has 1 saturated carbocycles. The first-order chi connectivity index (χ1) is 9.97. The predicted octanol–water partition coefficient (Wildman–Crippen LogP) is 2.19. The van der Waals surface area contributed by atoms with E-state index in [1.54, 1.807) is 6.92 Å². The Bertz CT molecular complexity index is 538. The lowest BCUT2D eigenvalue weighted by Crippen LogP contribution is -2.60. The van der Waals surface area contributed by atoms with Crippen LogP contribution in [0.1, 0.15) is 18.9 Å². The first-order valence-electron chi connectivity index (χ1n) is 6.88. The van der Waals surface area contributed by atoms with Gasteiger partial charge in [-0.25, -0.2) is 4.39 Å². The van der Waals surface area contributed by atoms with Gasteiger partial charge in [0, 0.05) is 24.6 Å². The SMILES string of the molecule is CCOC1C(NC)CC1Oc1cc(C)c([N+](=O)[O-])cc1F. The topological polar surface area (TPSA) is 73.6 Å². The molecule has 0 aliphatic heterocycles. The van der Waals surface area contributed by atoms with E-state index in [0.29, 0.717) is 18.6 Å². The van der Waals surface area contributed by atoms with Gasteiger partial charge in [0.05, 0.1) is 11.0 Å². The van der Waals surface area contributed by atoms with Gasteiger partial charge in [0.1, 0.15) is 12.2 Å². The molecule has 3 atom stereocenters. The van der Waals surface area contributed by atoms with E-state index in [0.717, 1.165) is 6.07 Å². The summed E-state index contributed by atoms with van der Waals surface area (Å²) in [5.41, 5.74) is 0.122. The van der Waals surface area contributed by atoms with E-state index >= 15 is 0 Å². The quantitative estimate of drug-likeness (QED) is 0.643. The number of benzene rings is 1. The van der Waals surface area contributed by atoms with Crippen molar-refractivity contribution in [1.29, 1.82) is 0 Å². The molecule has 116 valence electrons. The number of nitro benzene ring substituents is 1. The smallest absolute Gasteiger partial charge is 0.275 e. The van der Waals surface area contributed by atoms with Crippen LogP contribution in [-0.2, 0) is 4.74 Å². The molecular weight excluding hydrogens is 279 g/mol. The van der Waals surface area contributed by atoms with Gasteiger partial charge in [-0.2, -0.15) is 0 Å². The lowest BCUT2D eigenvalue weighted by Gasteiger charge is -2.43. The lowest BCUT2D eigenvalue weighted by molar-refractivity contribution is -0.385. The zero-order valence-electron chi connectivity index (χ0n) is 12.3. The fraction of sp³-hybridized carbons (Fsp3) is 0.571. The number of aryl methyl sites for hydroxylation is 1. The van der Waals surface area contributed by atoms with Crippen molar-refractivity contribution in [3.05, 3.63) is 33.6 Å². The minimum atomic E-state index is -0.726. The Morgan fingerprint density at radius 1 is 1.52 bits per heavy atom. The summed E-state index contributed by atoms with van der Waals surface area (Å²) >= 11 is 0. The first kappa shape index (κ1) is 15.7. The molecule has 21 heavy (non-hydrogen) atoms. The molecular formula is C14H19FN2O4. The molecule has 1 aliphatic rings. The molecule has 3 unspecified atom stereocenters. The molecule has 0 amide bonds. The van der Waals surface area contributed by atoms with Crippen molar-refractivity contribution in [3.63, 3.8) is 0 Å². The van der Waals surface area contributed by atoms with Crippen molar-refractivity contribution in [2.45, 2.75) is 38.5 Å². The van der Waals surface area contributed by atoms with Crippen LogP contribution in [0.3, 0.4) is 0 Å². The third-order valence-electron chi connectivity index (χ3n) is 3.70. The Labute approximate surface area is 122 Å². The number of hydrogen-bond donors (Lipinski definition) is 1. The number of rotatable bonds is 6. The molecule has 0 aromatic heterocycles. The molecule has 1 N–H and O–H groups in total. The summed E-state index contributed by atoms with van der Waals surface area (Å²) in [5.74, 6) is -0.696.